The van der Waals surface area contributed by atoms with Crippen molar-refractivity contribution < 1.29 is 9.21 Å². The first-order valence-corrected chi connectivity index (χ1v) is 10.5. The summed E-state index contributed by atoms with van der Waals surface area (Å²) in [6, 6.07) is 12.0. The highest BCUT2D eigenvalue weighted by Crippen LogP contribution is 2.28. The lowest BCUT2D eigenvalue weighted by molar-refractivity contribution is -0.131. The van der Waals surface area contributed by atoms with Crippen LogP contribution in [0.5, 0.6) is 0 Å². The number of H-pyrrole nitrogens is 1. The maximum Gasteiger partial charge on any atom is 0.326 e. The Balaban J connectivity index is 1.30. The average Bonchev–Trinajstić information content (AvgIpc) is 3.31. The second kappa shape index (κ2) is 7.20. The van der Waals surface area contributed by atoms with Gasteiger partial charge in [0.25, 0.3) is 0 Å². The molecule has 0 aliphatic carbocycles. The molecule has 3 heterocycles. The van der Waals surface area contributed by atoms with Crippen LogP contribution in [0.2, 0.25) is 0 Å². The van der Waals surface area contributed by atoms with E-state index in [2.05, 4.69) is 18.0 Å². The van der Waals surface area contributed by atoms with Crippen LogP contribution in [0.25, 0.3) is 22.0 Å². The fraction of sp³-hybridized carbons (Fsp3) is 0.333. The largest absolute Gasteiger partial charge is 0.464 e. The molecule has 2 aromatic carbocycles. The third kappa shape index (κ3) is 3.03. The molecule has 6 heteroatoms. The molecule has 0 bridgehead atoms. The lowest BCUT2D eigenvalue weighted by Gasteiger charge is -2.32. The van der Waals surface area contributed by atoms with Gasteiger partial charge in [-0.1, -0.05) is 24.3 Å². The predicted molar refractivity (Wildman–Crippen MR) is 117 cm³/mol. The van der Waals surface area contributed by atoms with Crippen molar-refractivity contribution in [3.05, 3.63) is 69.8 Å². The average molecular weight is 403 g/mol. The molecule has 1 amide bonds. The summed E-state index contributed by atoms with van der Waals surface area (Å²) in [6.45, 7) is 5.42. The molecule has 0 unspecified atom stereocenters. The molecule has 5 rings (SSSR count). The smallest absolute Gasteiger partial charge is 0.326 e. The normalized spacial score (nSPS) is 15.3. The fourth-order valence-corrected chi connectivity index (χ4v) is 4.61. The zero-order chi connectivity index (χ0) is 20.8. The number of furan rings is 1. The Morgan fingerprint density at radius 2 is 1.90 bits per heavy atom. The number of likely N-dealkylation sites (tertiary alicyclic amines) is 1. The third-order valence-electron chi connectivity index (χ3n) is 6.49. The van der Waals surface area contributed by atoms with Gasteiger partial charge in [0.05, 0.1) is 23.7 Å². The standard InChI is InChI=1S/C24H25N3O3/c1-15-7-8-19-17(14-30-23(19)16(15)2)13-22(28)26-11-9-18(10-12-26)27-21-6-4-3-5-20(21)25-24(27)29/h3-8,14,18H,9-13H2,1-2H3,(H,25,29). The van der Waals surface area contributed by atoms with E-state index in [9.17, 15) is 9.59 Å². The van der Waals surface area contributed by atoms with Crippen molar-refractivity contribution in [1.82, 2.24) is 14.5 Å². The minimum absolute atomic E-state index is 0.0727. The molecule has 1 aliphatic heterocycles. The van der Waals surface area contributed by atoms with Gasteiger partial charge in [-0.2, -0.15) is 0 Å². The number of hydrogen-bond acceptors (Lipinski definition) is 3. The maximum atomic E-state index is 12.9. The number of hydrogen-bond donors (Lipinski definition) is 1. The molecule has 2 aromatic heterocycles. The van der Waals surface area contributed by atoms with Gasteiger partial charge in [-0.25, -0.2) is 4.79 Å². The summed E-state index contributed by atoms with van der Waals surface area (Å²) in [4.78, 5) is 30.2. The van der Waals surface area contributed by atoms with E-state index in [0.717, 1.165) is 46.0 Å². The molecule has 1 N–H and O–H groups in total. The van der Waals surface area contributed by atoms with Crippen molar-refractivity contribution in [2.75, 3.05) is 13.1 Å². The number of para-hydroxylation sites is 2. The van der Waals surface area contributed by atoms with E-state index >= 15 is 0 Å². The Morgan fingerprint density at radius 3 is 2.70 bits per heavy atom. The van der Waals surface area contributed by atoms with Crippen LogP contribution in [0, 0.1) is 13.8 Å². The first-order chi connectivity index (χ1) is 14.5. The van der Waals surface area contributed by atoms with Crippen molar-refractivity contribution in [3.63, 3.8) is 0 Å². The molecular formula is C24H25N3O3. The van der Waals surface area contributed by atoms with Gasteiger partial charge in [0.15, 0.2) is 0 Å². The Kier molecular flexibility index (Phi) is 4.50. The number of rotatable bonds is 3. The monoisotopic (exact) mass is 403 g/mol. The van der Waals surface area contributed by atoms with Gasteiger partial charge in [-0.3, -0.25) is 9.36 Å². The molecule has 154 valence electrons. The van der Waals surface area contributed by atoms with Crippen LogP contribution in [0.4, 0.5) is 0 Å². The number of piperidine rings is 1. The lowest BCUT2D eigenvalue weighted by Crippen LogP contribution is -2.41. The van der Waals surface area contributed by atoms with Gasteiger partial charge in [0, 0.05) is 30.1 Å². The molecule has 1 fully saturated rings. The molecule has 6 nitrogen and oxygen atoms in total. The number of aromatic amines is 1. The number of aromatic nitrogens is 2. The van der Waals surface area contributed by atoms with Gasteiger partial charge in [0.1, 0.15) is 5.58 Å². The summed E-state index contributed by atoms with van der Waals surface area (Å²) in [7, 11) is 0. The van der Waals surface area contributed by atoms with E-state index in [1.54, 1.807) is 6.26 Å². The first-order valence-electron chi connectivity index (χ1n) is 10.5. The highest BCUT2D eigenvalue weighted by atomic mass is 16.3. The fourth-order valence-electron chi connectivity index (χ4n) is 4.61. The minimum Gasteiger partial charge on any atom is -0.464 e. The Bertz CT molecular complexity index is 1300. The van der Waals surface area contributed by atoms with Crippen molar-refractivity contribution in [3.8, 4) is 0 Å². The van der Waals surface area contributed by atoms with E-state index in [1.165, 1.54) is 5.56 Å². The van der Waals surface area contributed by atoms with Crippen LogP contribution in [0.3, 0.4) is 0 Å². The van der Waals surface area contributed by atoms with E-state index in [1.807, 2.05) is 46.7 Å². The van der Waals surface area contributed by atoms with Crippen molar-refractivity contribution in [1.29, 1.82) is 0 Å². The maximum absolute atomic E-state index is 12.9. The summed E-state index contributed by atoms with van der Waals surface area (Å²) in [6.07, 6.45) is 3.61. The second-order valence-electron chi connectivity index (χ2n) is 8.25. The summed E-state index contributed by atoms with van der Waals surface area (Å²) in [5.41, 5.74) is 5.83. The Morgan fingerprint density at radius 1 is 1.13 bits per heavy atom. The molecule has 0 atom stereocenters. The van der Waals surface area contributed by atoms with Crippen molar-refractivity contribution in [2.45, 2.75) is 39.2 Å². The van der Waals surface area contributed by atoms with Gasteiger partial charge >= 0.3 is 5.69 Å². The lowest BCUT2D eigenvalue weighted by atomic mass is 10.0. The van der Waals surface area contributed by atoms with E-state index in [4.69, 9.17) is 4.42 Å². The number of carbonyl (C=O) groups is 1. The molecule has 1 aliphatic rings. The highest BCUT2D eigenvalue weighted by molar-refractivity contribution is 5.89. The minimum atomic E-state index is -0.0727. The number of nitrogens with one attached hydrogen (secondary N) is 1. The zero-order valence-electron chi connectivity index (χ0n) is 17.3. The van der Waals surface area contributed by atoms with Crippen LogP contribution >= 0.6 is 0 Å². The Labute approximate surface area is 174 Å². The molecular weight excluding hydrogens is 378 g/mol. The molecule has 0 radical (unpaired) electrons. The number of fused-ring (bicyclic) bond motifs is 2. The summed E-state index contributed by atoms with van der Waals surface area (Å²) in [5.74, 6) is 0.112. The SMILES string of the molecule is Cc1ccc2c(CC(=O)N3CCC(n4c(=O)[nH]c5ccccc54)CC3)coc2c1C. The van der Waals surface area contributed by atoms with Gasteiger partial charge in [0.2, 0.25) is 5.91 Å². The van der Waals surface area contributed by atoms with Crippen LogP contribution in [-0.2, 0) is 11.2 Å². The molecule has 0 saturated carbocycles. The molecule has 1 saturated heterocycles. The zero-order valence-corrected chi connectivity index (χ0v) is 17.3. The van der Waals surface area contributed by atoms with Crippen LogP contribution in [0.1, 0.15) is 35.6 Å². The molecule has 30 heavy (non-hydrogen) atoms. The number of benzene rings is 2. The van der Waals surface area contributed by atoms with Crippen LogP contribution in [0.15, 0.2) is 51.9 Å². The van der Waals surface area contributed by atoms with Crippen molar-refractivity contribution in [2.24, 2.45) is 0 Å². The van der Waals surface area contributed by atoms with Gasteiger partial charge < -0.3 is 14.3 Å². The van der Waals surface area contributed by atoms with Gasteiger partial charge in [-0.15, -0.1) is 0 Å². The van der Waals surface area contributed by atoms with Crippen molar-refractivity contribution >= 4 is 27.9 Å². The van der Waals surface area contributed by atoms with E-state index in [-0.39, 0.29) is 17.6 Å². The number of nitrogens with zero attached hydrogens (tertiary/aromatic N) is 2. The number of imidazole rings is 1. The number of amides is 1. The highest BCUT2D eigenvalue weighted by Gasteiger charge is 2.26. The van der Waals surface area contributed by atoms with Crippen LogP contribution in [-0.4, -0.2) is 33.4 Å². The number of carbonyl (C=O) groups excluding carboxylic acids is 1. The second-order valence-corrected chi connectivity index (χ2v) is 8.25. The summed E-state index contributed by atoms with van der Waals surface area (Å²) < 4.78 is 7.61. The van der Waals surface area contributed by atoms with Crippen LogP contribution < -0.4 is 5.69 Å². The topological polar surface area (TPSA) is 71.2 Å². The quantitative estimate of drug-likeness (QED) is 0.560. The predicted octanol–water partition coefficient (Wildman–Crippen LogP) is 4.10. The number of aryl methyl sites for hydroxylation is 2. The third-order valence-corrected chi connectivity index (χ3v) is 6.49. The molecule has 4 aromatic rings. The van der Waals surface area contributed by atoms with E-state index < -0.39 is 0 Å². The van der Waals surface area contributed by atoms with Gasteiger partial charge in [-0.05, 0) is 49.9 Å². The summed E-state index contributed by atoms with van der Waals surface area (Å²) in [5, 5.41) is 1.02. The van der Waals surface area contributed by atoms with E-state index in [0.29, 0.717) is 19.5 Å². The molecule has 0 spiro atoms. The Hall–Kier alpha value is -3.28. The first kappa shape index (κ1) is 18.7. The summed E-state index contributed by atoms with van der Waals surface area (Å²) >= 11 is 0.